The van der Waals surface area contributed by atoms with Gasteiger partial charge in [0.1, 0.15) is 0 Å². The van der Waals surface area contributed by atoms with Crippen LogP contribution in [-0.4, -0.2) is 32.4 Å². The quantitative estimate of drug-likeness (QED) is 0.832. The van der Waals surface area contributed by atoms with Crippen molar-refractivity contribution in [2.75, 3.05) is 6.54 Å². The van der Waals surface area contributed by atoms with Crippen molar-refractivity contribution in [3.63, 3.8) is 0 Å². The van der Waals surface area contributed by atoms with Crippen LogP contribution in [0.1, 0.15) is 11.3 Å². The highest BCUT2D eigenvalue weighted by molar-refractivity contribution is 5.65. The first-order chi connectivity index (χ1) is 8.74. The fourth-order valence-corrected chi connectivity index (χ4v) is 2.19. The standard InChI is InChI=1S/C13H13N3O2/c17-13(18)15-7-6-12-10(8-15)9-16(14-12)11-4-2-1-3-5-11/h1-5,9H,6-8H2,(H,17,18). The Labute approximate surface area is 104 Å². The lowest BCUT2D eigenvalue weighted by atomic mass is 10.1. The molecule has 0 fully saturated rings. The molecule has 1 aliphatic rings. The Balaban J connectivity index is 1.92. The van der Waals surface area contributed by atoms with Gasteiger partial charge < -0.3 is 10.0 Å². The average molecular weight is 243 g/mol. The van der Waals surface area contributed by atoms with E-state index in [-0.39, 0.29) is 0 Å². The maximum Gasteiger partial charge on any atom is 0.407 e. The number of fused-ring (bicyclic) bond motifs is 1. The molecule has 0 unspecified atom stereocenters. The van der Waals surface area contributed by atoms with E-state index in [0.29, 0.717) is 19.5 Å². The minimum absolute atomic E-state index is 0.428. The normalized spacial score (nSPS) is 14.3. The Kier molecular flexibility index (Phi) is 2.51. The molecule has 5 nitrogen and oxygen atoms in total. The number of nitrogens with zero attached hydrogens (tertiary/aromatic N) is 3. The SMILES string of the molecule is O=C(O)N1CCc2nn(-c3ccccc3)cc2C1. The molecule has 2 heterocycles. The van der Waals surface area contributed by atoms with Gasteiger partial charge in [-0.2, -0.15) is 5.10 Å². The first-order valence-corrected chi connectivity index (χ1v) is 5.85. The van der Waals surface area contributed by atoms with E-state index in [2.05, 4.69) is 5.10 Å². The summed E-state index contributed by atoms with van der Waals surface area (Å²) in [6, 6.07) is 9.83. The summed E-state index contributed by atoms with van der Waals surface area (Å²) in [5, 5.41) is 13.5. The van der Waals surface area contributed by atoms with Gasteiger partial charge in [0.05, 0.1) is 17.9 Å². The summed E-state index contributed by atoms with van der Waals surface area (Å²) in [4.78, 5) is 12.4. The van der Waals surface area contributed by atoms with Crippen molar-refractivity contribution < 1.29 is 9.90 Å². The van der Waals surface area contributed by atoms with Gasteiger partial charge >= 0.3 is 6.09 Å². The van der Waals surface area contributed by atoms with Crippen molar-refractivity contribution in [1.29, 1.82) is 0 Å². The lowest BCUT2D eigenvalue weighted by molar-refractivity contribution is 0.140. The topological polar surface area (TPSA) is 58.4 Å². The lowest BCUT2D eigenvalue weighted by Crippen LogP contribution is -2.34. The van der Waals surface area contributed by atoms with Crippen LogP contribution in [0.15, 0.2) is 36.5 Å². The molecule has 0 saturated carbocycles. The second-order valence-electron chi connectivity index (χ2n) is 4.34. The van der Waals surface area contributed by atoms with Crippen LogP contribution in [0.25, 0.3) is 5.69 Å². The zero-order valence-electron chi connectivity index (χ0n) is 9.78. The molecule has 0 bridgehead atoms. The van der Waals surface area contributed by atoms with E-state index in [9.17, 15) is 4.79 Å². The van der Waals surface area contributed by atoms with Gasteiger partial charge in [0.2, 0.25) is 0 Å². The summed E-state index contributed by atoms with van der Waals surface area (Å²) in [7, 11) is 0. The second kappa shape index (κ2) is 4.18. The lowest BCUT2D eigenvalue weighted by Gasteiger charge is -2.22. The predicted octanol–water partition coefficient (Wildman–Crippen LogP) is 1.91. The number of hydrogen-bond acceptors (Lipinski definition) is 2. The third-order valence-electron chi connectivity index (χ3n) is 3.15. The van der Waals surface area contributed by atoms with E-state index in [4.69, 9.17) is 5.11 Å². The highest BCUT2D eigenvalue weighted by Gasteiger charge is 2.22. The third kappa shape index (κ3) is 1.84. The number of carbonyl (C=O) groups is 1. The molecule has 1 amide bonds. The van der Waals surface area contributed by atoms with Crippen LogP contribution in [0.5, 0.6) is 0 Å². The highest BCUT2D eigenvalue weighted by Crippen LogP contribution is 2.19. The van der Waals surface area contributed by atoms with E-state index >= 15 is 0 Å². The van der Waals surface area contributed by atoms with Crippen LogP contribution in [0.2, 0.25) is 0 Å². The number of carboxylic acid groups (broad SMARTS) is 1. The van der Waals surface area contributed by atoms with Crippen LogP contribution >= 0.6 is 0 Å². The molecular weight excluding hydrogens is 230 g/mol. The number of benzene rings is 1. The fourth-order valence-electron chi connectivity index (χ4n) is 2.19. The van der Waals surface area contributed by atoms with Gasteiger partial charge in [-0.15, -0.1) is 0 Å². The van der Waals surface area contributed by atoms with Crippen molar-refractivity contribution in [2.24, 2.45) is 0 Å². The zero-order valence-corrected chi connectivity index (χ0v) is 9.78. The average Bonchev–Trinajstić information content (AvgIpc) is 2.82. The number of rotatable bonds is 1. The molecule has 0 aliphatic carbocycles. The van der Waals surface area contributed by atoms with Crippen LogP contribution in [0, 0.1) is 0 Å². The molecule has 1 aliphatic heterocycles. The largest absolute Gasteiger partial charge is 0.465 e. The first kappa shape index (κ1) is 10.8. The number of amides is 1. The third-order valence-corrected chi connectivity index (χ3v) is 3.15. The van der Waals surface area contributed by atoms with Crippen molar-refractivity contribution >= 4 is 6.09 Å². The molecule has 0 atom stereocenters. The van der Waals surface area contributed by atoms with Gasteiger partial charge in [-0.25, -0.2) is 9.48 Å². The molecule has 1 aromatic heterocycles. The van der Waals surface area contributed by atoms with E-state index in [0.717, 1.165) is 16.9 Å². The summed E-state index contributed by atoms with van der Waals surface area (Å²) in [5.41, 5.74) is 2.98. The van der Waals surface area contributed by atoms with Crippen LogP contribution in [0.4, 0.5) is 4.79 Å². The maximum atomic E-state index is 10.9. The molecule has 1 aromatic carbocycles. The molecule has 1 N–H and O–H groups in total. The van der Waals surface area contributed by atoms with E-state index in [1.54, 1.807) is 0 Å². The summed E-state index contributed by atoms with van der Waals surface area (Å²) in [6.45, 7) is 0.950. The van der Waals surface area contributed by atoms with Crippen LogP contribution in [-0.2, 0) is 13.0 Å². The van der Waals surface area contributed by atoms with Crippen molar-refractivity contribution in [1.82, 2.24) is 14.7 Å². The number of hydrogen-bond donors (Lipinski definition) is 1. The molecular formula is C13H13N3O2. The molecule has 5 heteroatoms. The van der Waals surface area contributed by atoms with Gasteiger partial charge in [-0.1, -0.05) is 18.2 Å². The molecule has 2 aromatic rings. The number of aromatic nitrogens is 2. The minimum atomic E-state index is -0.867. The summed E-state index contributed by atoms with van der Waals surface area (Å²) in [5.74, 6) is 0. The highest BCUT2D eigenvalue weighted by atomic mass is 16.4. The Morgan fingerprint density at radius 1 is 1.28 bits per heavy atom. The zero-order chi connectivity index (χ0) is 12.5. The fraction of sp³-hybridized carbons (Fsp3) is 0.231. The van der Waals surface area contributed by atoms with Crippen molar-refractivity contribution in [2.45, 2.75) is 13.0 Å². The Morgan fingerprint density at radius 3 is 2.78 bits per heavy atom. The maximum absolute atomic E-state index is 10.9. The Morgan fingerprint density at radius 2 is 2.06 bits per heavy atom. The van der Waals surface area contributed by atoms with Crippen molar-refractivity contribution in [3.05, 3.63) is 47.8 Å². The van der Waals surface area contributed by atoms with E-state index in [1.165, 1.54) is 4.90 Å². The molecule has 0 saturated heterocycles. The molecule has 92 valence electrons. The predicted molar refractivity (Wildman–Crippen MR) is 65.7 cm³/mol. The van der Waals surface area contributed by atoms with Gasteiger partial charge in [0.15, 0.2) is 0 Å². The summed E-state index contributed by atoms with van der Waals surface area (Å²) >= 11 is 0. The molecule has 18 heavy (non-hydrogen) atoms. The second-order valence-corrected chi connectivity index (χ2v) is 4.34. The summed E-state index contributed by atoms with van der Waals surface area (Å²) < 4.78 is 1.82. The molecule has 0 spiro atoms. The van der Waals surface area contributed by atoms with Gasteiger partial charge in [-0.05, 0) is 12.1 Å². The van der Waals surface area contributed by atoms with Crippen LogP contribution in [0.3, 0.4) is 0 Å². The monoisotopic (exact) mass is 243 g/mol. The van der Waals surface area contributed by atoms with Crippen molar-refractivity contribution in [3.8, 4) is 5.69 Å². The molecule has 0 radical (unpaired) electrons. The van der Waals surface area contributed by atoms with E-state index in [1.807, 2.05) is 41.2 Å². The summed E-state index contributed by atoms with van der Waals surface area (Å²) in [6.07, 6.45) is 1.73. The van der Waals surface area contributed by atoms with Gasteiger partial charge in [0.25, 0.3) is 0 Å². The van der Waals surface area contributed by atoms with E-state index < -0.39 is 6.09 Å². The van der Waals surface area contributed by atoms with Crippen LogP contribution < -0.4 is 0 Å². The Bertz CT molecular complexity index is 577. The van der Waals surface area contributed by atoms with Gasteiger partial charge in [-0.3, -0.25) is 0 Å². The smallest absolute Gasteiger partial charge is 0.407 e. The van der Waals surface area contributed by atoms with Gasteiger partial charge in [0, 0.05) is 24.7 Å². The molecule has 3 rings (SSSR count). The minimum Gasteiger partial charge on any atom is -0.465 e. The Hall–Kier alpha value is -2.30. The first-order valence-electron chi connectivity index (χ1n) is 5.85. The number of para-hydroxylation sites is 1.